The Balaban J connectivity index is 1.41. The van der Waals surface area contributed by atoms with Crippen molar-refractivity contribution in [2.45, 2.75) is 26.2 Å². The van der Waals surface area contributed by atoms with Gasteiger partial charge in [-0.15, -0.1) is 0 Å². The first-order chi connectivity index (χ1) is 15.5. The van der Waals surface area contributed by atoms with Gasteiger partial charge in [-0.3, -0.25) is 4.79 Å². The van der Waals surface area contributed by atoms with Crippen molar-refractivity contribution in [3.63, 3.8) is 0 Å². The molecule has 7 nitrogen and oxygen atoms in total. The number of hydrogen-bond acceptors (Lipinski definition) is 8. The lowest BCUT2D eigenvalue weighted by molar-refractivity contribution is -0.115. The number of nitrogens with zero attached hydrogens (tertiary/aromatic N) is 4. The Labute approximate surface area is 197 Å². The van der Waals surface area contributed by atoms with Gasteiger partial charge in [0.15, 0.2) is 10.3 Å². The third kappa shape index (κ3) is 5.90. The van der Waals surface area contributed by atoms with Crippen molar-refractivity contribution in [1.29, 1.82) is 0 Å². The third-order valence-corrected chi connectivity index (χ3v) is 7.17. The van der Waals surface area contributed by atoms with Crippen LogP contribution >= 0.6 is 23.1 Å². The van der Waals surface area contributed by atoms with Crippen molar-refractivity contribution < 1.29 is 9.53 Å². The van der Waals surface area contributed by atoms with Gasteiger partial charge in [-0.25, -0.2) is 9.98 Å². The van der Waals surface area contributed by atoms with Gasteiger partial charge in [-0.1, -0.05) is 11.3 Å². The summed E-state index contributed by atoms with van der Waals surface area (Å²) >= 11 is 3.00. The minimum Gasteiger partial charge on any atom is -0.492 e. The van der Waals surface area contributed by atoms with Crippen molar-refractivity contribution in [2.75, 3.05) is 45.2 Å². The number of likely N-dealkylation sites (N-methyl/N-ethyl adjacent to an activating group) is 1. The number of aliphatic imine (C=N–C) groups is 1. The predicted octanol–water partition coefficient (Wildman–Crippen LogP) is 4.27. The van der Waals surface area contributed by atoms with Gasteiger partial charge in [0.05, 0.1) is 15.5 Å². The molecule has 0 unspecified atom stereocenters. The third-order valence-electron chi connectivity index (χ3n) is 5.26. The maximum atomic E-state index is 12.5. The molecule has 1 amide bonds. The molecule has 0 atom stereocenters. The molecule has 1 aromatic carbocycles. The van der Waals surface area contributed by atoms with Gasteiger partial charge in [0.2, 0.25) is 0 Å². The Kier molecular flexibility index (Phi) is 7.49. The van der Waals surface area contributed by atoms with Crippen LogP contribution in [0.4, 0.5) is 10.8 Å². The van der Waals surface area contributed by atoms with Crippen LogP contribution in [-0.2, 0) is 4.79 Å². The fourth-order valence-corrected chi connectivity index (χ4v) is 5.29. The smallest absolute Gasteiger partial charge is 0.264 e. The van der Waals surface area contributed by atoms with Gasteiger partial charge in [0, 0.05) is 25.8 Å². The number of carbonyl (C=O) groups is 1. The topological polar surface area (TPSA) is 70.1 Å². The summed E-state index contributed by atoms with van der Waals surface area (Å²) in [5, 5.41) is 4.50. The van der Waals surface area contributed by atoms with Crippen molar-refractivity contribution in [1.82, 2.24) is 15.2 Å². The average molecular weight is 472 g/mol. The summed E-state index contributed by atoms with van der Waals surface area (Å²) in [5.74, 6) is 0.703. The van der Waals surface area contributed by atoms with E-state index in [1.54, 1.807) is 11.3 Å². The summed E-state index contributed by atoms with van der Waals surface area (Å²) in [6, 6.07) is 5.82. The molecule has 2 aromatic rings. The number of thiazole rings is 1. The van der Waals surface area contributed by atoms with Crippen molar-refractivity contribution in [3.8, 4) is 5.75 Å². The number of nitrogens with one attached hydrogen (secondary N) is 1. The van der Waals surface area contributed by atoms with Crippen LogP contribution in [0.25, 0.3) is 6.08 Å². The van der Waals surface area contributed by atoms with Crippen LogP contribution in [0.3, 0.4) is 0 Å². The molecule has 2 fully saturated rings. The van der Waals surface area contributed by atoms with E-state index in [2.05, 4.69) is 25.1 Å². The van der Waals surface area contributed by atoms with Gasteiger partial charge in [-0.2, -0.15) is 0 Å². The second-order valence-corrected chi connectivity index (χ2v) is 10.2. The van der Waals surface area contributed by atoms with E-state index >= 15 is 0 Å². The molecular formula is C23H29N5O2S2. The zero-order valence-corrected chi connectivity index (χ0v) is 20.4. The lowest BCUT2D eigenvalue weighted by atomic mass is 10.1. The number of anilines is 1. The van der Waals surface area contributed by atoms with Crippen LogP contribution < -0.4 is 15.0 Å². The molecule has 0 saturated carbocycles. The number of thioether (sulfide) groups is 1. The Morgan fingerprint density at radius 1 is 1.28 bits per heavy atom. The molecule has 2 saturated heterocycles. The van der Waals surface area contributed by atoms with Crippen LogP contribution in [0.2, 0.25) is 0 Å². The normalized spacial score (nSPS) is 19.2. The molecule has 2 aliphatic heterocycles. The molecule has 170 valence electrons. The monoisotopic (exact) mass is 471 g/mol. The molecule has 32 heavy (non-hydrogen) atoms. The predicted molar refractivity (Wildman–Crippen MR) is 134 cm³/mol. The number of amides is 1. The van der Waals surface area contributed by atoms with Crippen molar-refractivity contribution in [3.05, 3.63) is 39.7 Å². The molecule has 9 heteroatoms. The molecule has 1 N–H and O–H groups in total. The van der Waals surface area contributed by atoms with E-state index in [1.807, 2.05) is 51.5 Å². The molecule has 0 spiro atoms. The summed E-state index contributed by atoms with van der Waals surface area (Å²) < 4.78 is 5.79. The highest BCUT2D eigenvalue weighted by Crippen LogP contribution is 2.33. The van der Waals surface area contributed by atoms with Crippen LogP contribution in [-0.4, -0.2) is 61.3 Å². The molecule has 4 rings (SSSR count). The number of benzene rings is 1. The Bertz CT molecular complexity index is 1030. The van der Waals surface area contributed by atoms with E-state index in [0.29, 0.717) is 16.7 Å². The van der Waals surface area contributed by atoms with Crippen molar-refractivity contribution >= 4 is 51.1 Å². The average Bonchev–Trinajstić information content (AvgIpc) is 3.37. The lowest BCUT2D eigenvalue weighted by Crippen LogP contribution is -2.29. The second kappa shape index (κ2) is 10.5. The number of hydrogen-bond donors (Lipinski definition) is 1. The van der Waals surface area contributed by atoms with Gasteiger partial charge >= 0.3 is 0 Å². The molecule has 0 bridgehead atoms. The first-order valence-corrected chi connectivity index (χ1v) is 12.5. The summed E-state index contributed by atoms with van der Waals surface area (Å²) in [6.45, 7) is 5.62. The zero-order valence-electron chi connectivity index (χ0n) is 18.8. The van der Waals surface area contributed by atoms with E-state index in [9.17, 15) is 4.79 Å². The van der Waals surface area contributed by atoms with Crippen LogP contribution in [0, 0.1) is 6.92 Å². The minimum atomic E-state index is -0.122. The number of aryl methyl sites for hydroxylation is 1. The Morgan fingerprint density at radius 3 is 2.84 bits per heavy atom. The maximum absolute atomic E-state index is 12.5. The molecule has 0 radical (unpaired) electrons. The quantitative estimate of drug-likeness (QED) is 0.608. The lowest BCUT2D eigenvalue weighted by Gasteiger charge is -2.25. The van der Waals surface area contributed by atoms with Gasteiger partial charge in [0.1, 0.15) is 12.4 Å². The molecule has 0 aliphatic carbocycles. The van der Waals surface area contributed by atoms with E-state index in [0.717, 1.165) is 46.6 Å². The number of rotatable bonds is 7. The SMILES string of the molecule is Cc1cc(OCCN(C)C)ccc1N=C1NC(=O)C(=Cc2cnc(N3CCCCC3)s2)S1. The summed E-state index contributed by atoms with van der Waals surface area (Å²) in [5.41, 5.74) is 1.82. The fraction of sp³-hybridized carbons (Fsp3) is 0.435. The van der Waals surface area contributed by atoms with E-state index in [-0.39, 0.29) is 5.91 Å². The van der Waals surface area contributed by atoms with E-state index < -0.39 is 0 Å². The summed E-state index contributed by atoms with van der Waals surface area (Å²) in [6.07, 6.45) is 7.49. The number of ether oxygens (including phenoxy) is 1. The Morgan fingerprint density at radius 2 is 2.09 bits per heavy atom. The number of aromatic nitrogens is 1. The van der Waals surface area contributed by atoms with Crippen LogP contribution in [0.1, 0.15) is 29.7 Å². The standard InChI is InChI=1S/C23H29N5O2S2/c1-16-13-17(30-12-11-27(2)3)7-8-19(16)25-22-26-21(29)20(32-22)14-18-15-24-23(31-18)28-9-5-4-6-10-28/h7-8,13-15H,4-6,9-12H2,1-3H3,(H,25,26,29). The van der Waals surface area contributed by atoms with Gasteiger partial charge < -0.3 is 19.9 Å². The number of carbonyl (C=O) groups excluding carboxylic acids is 1. The molecule has 3 heterocycles. The van der Waals surface area contributed by atoms with Crippen LogP contribution in [0.5, 0.6) is 5.75 Å². The largest absolute Gasteiger partial charge is 0.492 e. The summed E-state index contributed by atoms with van der Waals surface area (Å²) in [7, 11) is 4.04. The van der Waals surface area contributed by atoms with Crippen LogP contribution in [0.15, 0.2) is 34.3 Å². The second-order valence-electron chi connectivity index (χ2n) is 8.17. The first kappa shape index (κ1) is 22.8. The van der Waals surface area contributed by atoms with Crippen molar-refractivity contribution in [2.24, 2.45) is 4.99 Å². The highest BCUT2D eigenvalue weighted by atomic mass is 32.2. The zero-order chi connectivity index (χ0) is 22.5. The van der Waals surface area contributed by atoms with E-state index in [4.69, 9.17) is 4.74 Å². The fourth-order valence-electron chi connectivity index (χ4n) is 3.48. The Hall–Kier alpha value is -2.36. The highest BCUT2D eigenvalue weighted by molar-refractivity contribution is 8.18. The minimum absolute atomic E-state index is 0.122. The summed E-state index contributed by atoms with van der Waals surface area (Å²) in [4.78, 5) is 27.7. The molecule has 1 aromatic heterocycles. The van der Waals surface area contributed by atoms with Gasteiger partial charge in [0.25, 0.3) is 5.91 Å². The molecule has 2 aliphatic rings. The number of piperidine rings is 1. The first-order valence-electron chi connectivity index (χ1n) is 10.9. The maximum Gasteiger partial charge on any atom is 0.264 e. The molecular weight excluding hydrogens is 442 g/mol. The number of amidine groups is 1. The van der Waals surface area contributed by atoms with Gasteiger partial charge in [-0.05, 0) is 81.9 Å². The van der Waals surface area contributed by atoms with E-state index in [1.165, 1.54) is 31.0 Å². The highest BCUT2D eigenvalue weighted by Gasteiger charge is 2.24.